The molecule has 0 saturated carbocycles. The Balaban J connectivity index is 1.67. The number of aromatic nitrogens is 2. The van der Waals surface area contributed by atoms with E-state index in [4.69, 9.17) is 14.2 Å². The number of nitrogens with one attached hydrogen (secondary N) is 1. The highest BCUT2D eigenvalue weighted by Gasteiger charge is 2.13. The van der Waals surface area contributed by atoms with Crippen molar-refractivity contribution in [1.82, 2.24) is 9.78 Å². The number of carbonyl (C=O) groups is 1. The van der Waals surface area contributed by atoms with Crippen molar-refractivity contribution in [3.63, 3.8) is 0 Å². The molecule has 0 fully saturated rings. The van der Waals surface area contributed by atoms with Gasteiger partial charge in [-0.2, -0.15) is 5.10 Å². The summed E-state index contributed by atoms with van der Waals surface area (Å²) in [5.74, 6) is 2.23. The predicted octanol–water partition coefficient (Wildman–Crippen LogP) is 2.97. The molecule has 0 aliphatic carbocycles. The van der Waals surface area contributed by atoms with Crippen molar-refractivity contribution in [1.29, 1.82) is 0 Å². The lowest BCUT2D eigenvalue weighted by Gasteiger charge is -2.14. The molecule has 0 saturated heterocycles. The average molecular weight is 367 g/mol. The summed E-state index contributed by atoms with van der Waals surface area (Å²) < 4.78 is 17.9. The van der Waals surface area contributed by atoms with Gasteiger partial charge < -0.3 is 19.5 Å². The van der Waals surface area contributed by atoms with Crippen LogP contribution in [0.3, 0.4) is 0 Å². The fourth-order valence-corrected chi connectivity index (χ4v) is 2.65. The Morgan fingerprint density at radius 3 is 2.59 bits per heavy atom. The minimum atomic E-state index is -0.266. The van der Waals surface area contributed by atoms with Crippen LogP contribution in [0, 0.1) is 0 Å². The SMILES string of the molecule is COc1cccc(Cn2nccc2NC(=O)COc2ccccc2)c1OC. The van der Waals surface area contributed by atoms with Crippen molar-refractivity contribution in [2.45, 2.75) is 6.54 Å². The molecule has 1 amide bonds. The molecule has 0 atom stereocenters. The van der Waals surface area contributed by atoms with E-state index in [1.165, 1.54) is 0 Å². The second-order valence-corrected chi connectivity index (χ2v) is 5.68. The number of anilines is 1. The largest absolute Gasteiger partial charge is 0.493 e. The molecule has 0 unspecified atom stereocenters. The number of nitrogens with zero attached hydrogens (tertiary/aromatic N) is 2. The molecule has 0 radical (unpaired) electrons. The summed E-state index contributed by atoms with van der Waals surface area (Å²) in [6, 6.07) is 16.5. The van der Waals surface area contributed by atoms with Crippen LogP contribution < -0.4 is 19.5 Å². The smallest absolute Gasteiger partial charge is 0.263 e. The van der Waals surface area contributed by atoms with Crippen molar-refractivity contribution in [3.05, 3.63) is 66.4 Å². The number of para-hydroxylation sites is 2. The van der Waals surface area contributed by atoms with Gasteiger partial charge in [0, 0.05) is 11.6 Å². The summed E-state index contributed by atoms with van der Waals surface area (Å²) in [5.41, 5.74) is 0.886. The Morgan fingerprint density at radius 2 is 1.85 bits per heavy atom. The minimum absolute atomic E-state index is 0.0856. The highest BCUT2D eigenvalue weighted by atomic mass is 16.5. The molecule has 7 nitrogen and oxygen atoms in total. The molecule has 0 aliphatic rings. The van der Waals surface area contributed by atoms with Gasteiger partial charge in [0.05, 0.1) is 27.0 Å². The molecule has 2 aromatic carbocycles. The molecule has 140 valence electrons. The van der Waals surface area contributed by atoms with Gasteiger partial charge in [-0.25, -0.2) is 4.68 Å². The molecule has 3 aromatic rings. The van der Waals surface area contributed by atoms with Gasteiger partial charge in [-0.05, 0) is 18.2 Å². The zero-order valence-corrected chi connectivity index (χ0v) is 15.2. The summed E-state index contributed by atoms with van der Waals surface area (Å²) in [5, 5.41) is 7.09. The molecule has 1 aromatic heterocycles. The normalized spacial score (nSPS) is 10.3. The second-order valence-electron chi connectivity index (χ2n) is 5.68. The molecule has 1 heterocycles. The van der Waals surface area contributed by atoms with Crippen LogP contribution in [0.25, 0.3) is 0 Å². The Morgan fingerprint density at radius 1 is 1.04 bits per heavy atom. The highest BCUT2D eigenvalue weighted by Crippen LogP contribution is 2.31. The van der Waals surface area contributed by atoms with E-state index in [1.54, 1.807) is 43.3 Å². The van der Waals surface area contributed by atoms with E-state index in [-0.39, 0.29) is 12.5 Å². The molecular formula is C20H21N3O4. The number of methoxy groups -OCH3 is 2. The fraction of sp³-hybridized carbons (Fsp3) is 0.200. The highest BCUT2D eigenvalue weighted by molar-refractivity contribution is 5.91. The first-order valence-electron chi connectivity index (χ1n) is 8.40. The molecule has 0 aliphatic heterocycles. The van der Waals surface area contributed by atoms with Gasteiger partial charge in [-0.1, -0.05) is 30.3 Å². The molecule has 1 N–H and O–H groups in total. The third kappa shape index (κ3) is 4.58. The number of ether oxygens (including phenoxy) is 3. The lowest BCUT2D eigenvalue weighted by molar-refractivity contribution is -0.118. The first kappa shape index (κ1) is 18.3. The van der Waals surface area contributed by atoms with Gasteiger partial charge in [0.1, 0.15) is 11.6 Å². The van der Waals surface area contributed by atoms with Crippen LogP contribution in [0.1, 0.15) is 5.56 Å². The molecule has 27 heavy (non-hydrogen) atoms. The maximum Gasteiger partial charge on any atom is 0.263 e. The van der Waals surface area contributed by atoms with Gasteiger partial charge in [0.15, 0.2) is 18.1 Å². The maximum atomic E-state index is 12.2. The van der Waals surface area contributed by atoms with E-state index in [9.17, 15) is 4.79 Å². The van der Waals surface area contributed by atoms with E-state index >= 15 is 0 Å². The number of hydrogen-bond donors (Lipinski definition) is 1. The Kier molecular flexibility index (Phi) is 5.94. The number of hydrogen-bond acceptors (Lipinski definition) is 5. The summed E-state index contributed by atoms with van der Waals surface area (Å²) in [6.07, 6.45) is 1.63. The third-order valence-electron chi connectivity index (χ3n) is 3.90. The quantitative estimate of drug-likeness (QED) is 0.663. The van der Waals surface area contributed by atoms with Crippen molar-refractivity contribution < 1.29 is 19.0 Å². The molecule has 3 rings (SSSR count). The van der Waals surface area contributed by atoms with Gasteiger partial charge in [0.2, 0.25) is 0 Å². The molecule has 0 bridgehead atoms. The van der Waals surface area contributed by atoms with Crippen molar-refractivity contribution in [3.8, 4) is 17.2 Å². The summed E-state index contributed by atoms with van der Waals surface area (Å²) in [6.45, 7) is 0.334. The Hall–Kier alpha value is -3.48. The molecule has 7 heteroatoms. The van der Waals surface area contributed by atoms with E-state index < -0.39 is 0 Å². The molecule has 0 spiro atoms. The van der Waals surface area contributed by atoms with Gasteiger partial charge in [-0.15, -0.1) is 0 Å². The van der Waals surface area contributed by atoms with E-state index in [0.717, 1.165) is 5.56 Å². The maximum absolute atomic E-state index is 12.2. The first-order valence-corrected chi connectivity index (χ1v) is 8.40. The van der Waals surface area contributed by atoms with Crippen LogP contribution in [-0.2, 0) is 11.3 Å². The second kappa shape index (κ2) is 8.75. The van der Waals surface area contributed by atoms with Crippen molar-refractivity contribution in [2.24, 2.45) is 0 Å². The predicted molar refractivity (Wildman–Crippen MR) is 101 cm³/mol. The van der Waals surface area contributed by atoms with Crippen LogP contribution in [-0.4, -0.2) is 36.5 Å². The van der Waals surface area contributed by atoms with Gasteiger partial charge in [0.25, 0.3) is 5.91 Å². The Labute approximate surface area is 157 Å². The summed E-state index contributed by atoms with van der Waals surface area (Å²) in [4.78, 5) is 12.2. The van der Waals surface area contributed by atoms with E-state index in [0.29, 0.717) is 29.6 Å². The number of benzene rings is 2. The summed E-state index contributed by atoms with van der Waals surface area (Å²) in [7, 11) is 3.18. The standard InChI is InChI=1S/C20H21N3O4/c1-25-17-10-6-7-15(20(17)26-2)13-23-18(11-12-21-23)22-19(24)14-27-16-8-4-3-5-9-16/h3-12H,13-14H2,1-2H3,(H,22,24). The van der Waals surface area contributed by atoms with Crippen LogP contribution in [0.5, 0.6) is 17.2 Å². The van der Waals surface area contributed by atoms with Crippen LogP contribution >= 0.6 is 0 Å². The third-order valence-corrected chi connectivity index (χ3v) is 3.90. The number of amides is 1. The first-order chi connectivity index (χ1) is 13.2. The fourth-order valence-electron chi connectivity index (χ4n) is 2.65. The van der Waals surface area contributed by atoms with Crippen LogP contribution in [0.15, 0.2) is 60.8 Å². The van der Waals surface area contributed by atoms with E-state index in [1.807, 2.05) is 36.4 Å². The number of carbonyl (C=O) groups excluding carboxylic acids is 1. The lowest BCUT2D eigenvalue weighted by atomic mass is 10.2. The van der Waals surface area contributed by atoms with Crippen molar-refractivity contribution in [2.75, 3.05) is 26.1 Å². The topological polar surface area (TPSA) is 74.6 Å². The van der Waals surface area contributed by atoms with Gasteiger partial charge in [-0.3, -0.25) is 4.79 Å². The van der Waals surface area contributed by atoms with Crippen molar-refractivity contribution >= 4 is 11.7 Å². The van der Waals surface area contributed by atoms with Crippen LogP contribution in [0.4, 0.5) is 5.82 Å². The van der Waals surface area contributed by atoms with Gasteiger partial charge >= 0.3 is 0 Å². The lowest BCUT2D eigenvalue weighted by Crippen LogP contribution is -2.22. The zero-order chi connectivity index (χ0) is 19.1. The monoisotopic (exact) mass is 367 g/mol. The molecular weight excluding hydrogens is 346 g/mol. The van der Waals surface area contributed by atoms with E-state index in [2.05, 4.69) is 10.4 Å². The zero-order valence-electron chi connectivity index (χ0n) is 15.2. The number of rotatable bonds is 8. The summed E-state index contributed by atoms with van der Waals surface area (Å²) >= 11 is 0. The average Bonchev–Trinajstić information content (AvgIpc) is 3.13. The van der Waals surface area contributed by atoms with Crippen LogP contribution in [0.2, 0.25) is 0 Å². The minimum Gasteiger partial charge on any atom is -0.493 e. The Bertz CT molecular complexity index is 893.